The lowest BCUT2D eigenvalue weighted by atomic mass is 10.2. The van der Waals surface area contributed by atoms with Crippen LogP contribution in [0.5, 0.6) is 11.5 Å². The zero-order valence-electron chi connectivity index (χ0n) is 12.8. The fraction of sp³-hybridized carbons (Fsp3) is 0.222. The van der Waals surface area contributed by atoms with E-state index in [0.29, 0.717) is 35.8 Å². The molecule has 0 bridgehead atoms. The highest BCUT2D eigenvalue weighted by Gasteiger charge is 2.05. The van der Waals surface area contributed by atoms with Crippen molar-refractivity contribution in [2.75, 3.05) is 13.2 Å². The van der Waals surface area contributed by atoms with E-state index in [4.69, 9.17) is 9.47 Å². The number of aldehydes is 2. The van der Waals surface area contributed by atoms with Gasteiger partial charge in [-0.1, -0.05) is 31.9 Å². The summed E-state index contributed by atoms with van der Waals surface area (Å²) >= 11 is 6.64. The zero-order chi connectivity index (χ0) is 17.4. The second kappa shape index (κ2) is 9.59. The molecule has 0 unspecified atom stereocenters. The van der Waals surface area contributed by atoms with Crippen molar-refractivity contribution >= 4 is 44.4 Å². The number of benzene rings is 2. The third-order valence-corrected chi connectivity index (χ3v) is 4.24. The zero-order valence-corrected chi connectivity index (χ0v) is 16.0. The molecule has 0 aromatic heterocycles. The van der Waals surface area contributed by atoms with Crippen molar-refractivity contribution < 1.29 is 19.1 Å². The first-order valence-electron chi connectivity index (χ1n) is 7.39. The van der Waals surface area contributed by atoms with Gasteiger partial charge in [0.05, 0.1) is 24.3 Å². The predicted molar refractivity (Wildman–Crippen MR) is 99.3 cm³/mol. The maximum Gasteiger partial charge on any atom is 0.153 e. The van der Waals surface area contributed by atoms with E-state index < -0.39 is 0 Å². The van der Waals surface area contributed by atoms with E-state index in [9.17, 15) is 9.59 Å². The number of halogens is 2. The van der Waals surface area contributed by atoms with Gasteiger partial charge >= 0.3 is 0 Å². The van der Waals surface area contributed by atoms with Gasteiger partial charge < -0.3 is 9.47 Å². The quantitative estimate of drug-likeness (QED) is 0.391. The van der Waals surface area contributed by atoms with Gasteiger partial charge in [0.1, 0.15) is 11.5 Å². The maximum atomic E-state index is 11.0. The van der Waals surface area contributed by atoms with Crippen LogP contribution in [0, 0.1) is 0 Å². The Hall–Kier alpha value is -1.66. The molecule has 126 valence electrons. The third kappa shape index (κ3) is 5.46. The van der Waals surface area contributed by atoms with Crippen LogP contribution in [-0.4, -0.2) is 25.8 Å². The van der Waals surface area contributed by atoms with Crippen LogP contribution in [0.15, 0.2) is 45.3 Å². The lowest BCUT2D eigenvalue weighted by molar-refractivity contribution is 0.111. The van der Waals surface area contributed by atoms with E-state index in [-0.39, 0.29) is 0 Å². The fourth-order valence-electron chi connectivity index (χ4n) is 2.05. The SMILES string of the molecule is O=Cc1cc(Br)ccc1OCCCCOc1ccc(Br)cc1C=O. The Balaban J connectivity index is 1.74. The Labute approximate surface area is 157 Å². The lowest BCUT2D eigenvalue weighted by Crippen LogP contribution is -2.04. The summed E-state index contributed by atoms with van der Waals surface area (Å²) in [6, 6.07) is 10.6. The Kier molecular flexibility index (Phi) is 7.46. The molecule has 2 rings (SSSR count). The molecule has 0 amide bonds. The number of carbonyl (C=O) groups excluding carboxylic acids is 2. The molecule has 0 spiro atoms. The number of ether oxygens (including phenoxy) is 2. The summed E-state index contributed by atoms with van der Waals surface area (Å²) in [7, 11) is 0. The van der Waals surface area contributed by atoms with Crippen molar-refractivity contribution in [2.24, 2.45) is 0 Å². The fourth-order valence-corrected chi connectivity index (χ4v) is 2.81. The highest BCUT2D eigenvalue weighted by Crippen LogP contribution is 2.23. The molecule has 0 heterocycles. The number of hydrogen-bond donors (Lipinski definition) is 0. The van der Waals surface area contributed by atoms with E-state index in [1.807, 2.05) is 12.1 Å². The van der Waals surface area contributed by atoms with Crippen LogP contribution < -0.4 is 9.47 Å². The van der Waals surface area contributed by atoms with Crippen LogP contribution in [0.3, 0.4) is 0 Å². The summed E-state index contributed by atoms with van der Waals surface area (Å²) in [5.74, 6) is 1.15. The molecule has 4 nitrogen and oxygen atoms in total. The smallest absolute Gasteiger partial charge is 0.153 e. The predicted octanol–water partition coefficient (Wildman–Crippen LogP) is 5.07. The molecule has 0 radical (unpaired) electrons. The van der Waals surface area contributed by atoms with Crippen molar-refractivity contribution in [3.63, 3.8) is 0 Å². The summed E-state index contributed by atoms with van der Waals surface area (Å²) in [5.41, 5.74) is 1.04. The molecule has 0 aliphatic heterocycles. The van der Waals surface area contributed by atoms with Gasteiger partial charge in [-0.25, -0.2) is 0 Å². The van der Waals surface area contributed by atoms with Crippen LogP contribution in [0.2, 0.25) is 0 Å². The van der Waals surface area contributed by atoms with E-state index in [0.717, 1.165) is 34.4 Å². The number of unbranched alkanes of at least 4 members (excludes halogenated alkanes) is 1. The first kappa shape index (κ1) is 18.7. The van der Waals surface area contributed by atoms with E-state index in [1.54, 1.807) is 24.3 Å². The molecule has 0 N–H and O–H groups in total. The molecule has 0 saturated heterocycles. The number of hydrogen-bond acceptors (Lipinski definition) is 4. The summed E-state index contributed by atoms with van der Waals surface area (Å²) in [6.07, 6.45) is 3.11. The normalized spacial score (nSPS) is 10.2. The van der Waals surface area contributed by atoms with Crippen molar-refractivity contribution in [1.82, 2.24) is 0 Å². The van der Waals surface area contributed by atoms with Gasteiger partial charge in [-0.15, -0.1) is 0 Å². The first-order chi connectivity index (χ1) is 11.6. The van der Waals surface area contributed by atoms with Crippen LogP contribution in [0.4, 0.5) is 0 Å². The minimum atomic E-state index is 0.493. The molecule has 2 aromatic carbocycles. The van der Waals surface area contributed by atoms with Crippen LogP contribution in [0.1, 0.15) is 33.6 Å². The van der Waals surface area contributed by atoms with Gasteiger partial charge in [-0.3, -0.25) is 9.59 Å². The van der Waals surface area contributed by atoms with E-state index >= 15 is 0 Å². The molecular weight excluding hydrogens is 440 g/mol. The topological polar surface area (TPSA) is 52.6 Å². The van der Waals surface area contributed by atoms with Gasteiger partial charge in [-0.2, -0.15) is 0 Å². The van der Waals surface area contributed by atoms with Crippen molar-refractivity contribution in [3.8, 4) is 11.5 Å². The minimum absolute atomic E-state index is 0.493. The summed E-state index contributed by atoms with van der Waals surface area (Å²) < 4.78 is 12.9. The largest absolute Gasteiger partial charge is 0.493 e. The van der Waals surface area contributed by atoms with Crippen molar-refractivity contribution in [3.05, 3.63) is 56.5 Å². The molecule has 24 heavy (non-hydrogen) atoms. The molecule has 0 saturated carbocycles. The van der Waals surface area contributed by atoms with E-state index in [2.05, 4.69) is 31.9 Å². The Morgan fingerprint density at radius 1 is 0.750 bits per heavy atom. The molecule has 0 fully saturated rings. The maximum absolute atomic E-state index is 11.0. The highest BCUT2D eigenvalue weighted by molar-refractivity contribution is 9.10. The second-order valence-electron chi connectivity index (χ2n) is 5.00. The summed E-state index contributed by atoms with van der Waals surface area (Å²) in [5, 5.41) is 0. The molecule has 6 heteroatoms. The number of rotatable bonds is 9. The standard InChI is InChI=1S/C18H16Br2O4/c19-15-3-5-17(13(9-15)11-21)23-7-1-2-8-24-18-6-4-16(20)10-14(18)12-22/h3-6,9-12H,1-2,7-8H2. The average Bonchev–Trinajstić information content (AvgIpc) is 2.59. The highest BCUT2D eigenvalue weighted by atomic mass is 79.9. The lowest BCUT2D eigenvalue weighted by Gasteiger charge is -2.10. The Morgan fingerprint density at radius 2 is 1.17 bits per heavy atom. The first-order valence-corrected chi connectivity index (χ1v) is 8.97. The van der Waals surface area contributed by atoms with Gasteiger partial charge in [0, 0.05) is 8.95 Å². The van der Waals surface area contributed by atoms with Crippen LogP contribution in [0.25, 0.3) is 0 Å². The molecule has 2 aromatic rings. The van der Waals surface area contributed by atoms with Gasteiger partial charge in [-0.05, 0) is 49.2 Å². The van der Waals surface area contributed by atoms with Crippen LogP contribution in [-0.2, 0) is 0 Å². The monoisotopic (exact) mass is 454 g/mol. The molecule has 0 aliphatic carbocycles. The summed E-state index contributed by atoms with van der Waals surface area (Å²) in [6.45, 7) is 0.986. The van der Waals surface area contributed by atoms with Crippen molar-refractivity contribution in [2.45, 2.75) is 12.8 Å². The van der Waals surface area contributed by atoms with Gasteiger partial charge in [0.15, 0.2) is 12.6 Å². The molecule has 0 aliphatic rings. The second-order valence-corrected chi connectivity index (χ2v) is 6.84. The van der Waals surface area contributed by atoms with Gasteiger partial charge in [0.2, 0.25) is 0 Å². The van der Waals surface area contributed by atoms with Gasteiger partial charge in [0.25, 0.3) is 0 Å². The molecule has 0 atom stereocenters. The number of carbonyl (C=O) groups is 2. The molecular formula is C18H16Br2O4. The van der Waals surface area contributed by atoms with Crippen LogP contribution >= 0.6 is 31.9 Å². The Morgan fingerprint density at radius 3 is 1.54 bits per heavy atom. The third-order valence-electron chi connectivity index (χ3n) is 3.25. The minimum Gasteiger partial charge on any atom is -0.493 e. The van der Waals surface area contributed by atoms with E-state index in [1.165, 1.54) is 0 Å². The van der Waals surface area contributed by atoms with Crippen molar-refractivity contribution in [1.29, 1.82) is 0 Å². The Bertz CT molecular complexity index is 655. The summed E-state index contributed by atoms with van der Waals surface area (Å²) in [4.78, 5) is 22.0. The average molecular weight is 456 g/mol.